The van der Waals surface area contributed by atoms with Gasteiger partial charge >= 0.3 is 5.97 Å². The number of carbonyl (C=O) groups excluding carboxylic acids is 1. The second kappa shape index (κ2) is 7.41. The van der Waals surface area contributed by atoms with E-state index in [-0.39, 0.29) is 23.6 Å². The standard InChI is InChI=1S/C24H26N4O3/c1-16(29)31-14-17-6-5-7-18-21(17)25-23(26-22(18)30)28-12-10-24(11-13-28)15-27(2)20-9-4-3-8-19(20)24/h3-9H,10-15H2,1-2H3,(H,25,26,30). The van der Waals surface area contributed by atoms with Crippen molar-refractivity contribution in [1.82, 2.24) is 9.97 Å². The fourth-order valence-electron chi connectivity index (χ4n) is 5.11. The Morgan fingerprint density at radius 2 is 1.94 bits per heavy atom. The second-order valence-electron chi connectivity index (χ2n) is 8.62. The third-order valence-corrected chi connectivity index (χ3v) is 6.68. The molecule has 2 aromatic carbocycles. The summed E-state index contributed by atoms with van der Waals surface area (Å²) >= 11 is 0. The molecule has 31 heavy (non-hydrogen) atoms. The lowest BCUT2D eigenvalue weighted by molar-refractivity contribution is -0.142. The van der Waals surface area contributed by atoms with Gasteiger partial charge in [0.05, 0.1) is 10.9 Å². The van der Waals surface area contributed by atoms with Crippen molar-refractivity contribution in [1.29, 1.82) is 0 Å². The van der Waals surface area contributed by atoms with Crippen LogP contribution in [0.3, 0.4) is 0 Å². The highest BCUT2D eigenvalue weighted by Gasteiger charge is 2.43. The summed E-state index contributed by atoms with van der Waals surface area (Å²) in [5, 5.41) is 0.508. The fraction of sp³-hybridized carbons (Fsp3) is 0.375. The van der Waals surface area contributed by atoms with Gasteiger partial charge in [0.2, 0.25) is 5.95 Å². The highest BCUT2D eigenvalue weighted by atomic mass is 16.5. The summed E-state index contributed by atoms with van der Waals surface area (Å²) in [6, 6.07) is 14.1. The maximum Gasteiger partial charge on any atom is 0.302 e. The number of benzene rings is 2. The van der Waals surface area contributed by atoms with Gasteiger partial charge < -0.3 is 14.5 Å². The summed E-state index contributed by atoms with van der Waals surface area (Å²) in [5.74, 6) is 0.229. The van der Waals surface area contributed by atoms with E-state index in [1.807, 2.05) is 6.07 Å². The van der Waals surface area contributed by atoms with Crippen LogP contribution in [-0.4, -0.2) is 42.6 Å². The van der Waals surface area contributed by atoms with Crippen LogP contribution in [0.4, 0.5) is 11.6 Å². The van der Waals surface area contributed by atoms with Gasteiger partial charge in [-0.3, -0.25) is 14.6 Å². The minimum Gasteiger partial charge on any atom is -0.461 e. The Balaban J connectivity index is 1.43. The van der Waals surface area contributed by atoms with Crippen molar-refractivity contribution in [3.05, 3.63) is 63.9 Å². The van der Waals surface area contributed by atoms with E-state index in [2.05, 4.69) is 46.1 Å². The Morgan fingerprint density at radius 3 is 2.71 bits per heavy atom. The lowest BCUT2D eigenvalue weighted by Gasteiger charge is -2.40. The zero-order valence-electron chi connectivity index (χ0n) is 17.9. The number of aromatic amines is 1. The number of anilines is 2. The van der Waals surface area contributed by atoms with Crippen LogP contribution in [0.5, 0.6) is 0 Å². The van der Waals surface area contributed by atoms with Gasteiger partial charge in [-0.2, -0.15) is 0 Å². The van der Waals surface area contributed by atoms with Crippen LogP contribution in [0.1, 0.15) is 30.9 Å². The largest absolute Gasteiger partial charge is 0.461 e. The highest BCUT2D eigenvalue weighted by Crippen LogP contribution is 2.46. The van der Waals surface area contributed by atoms with Crippen molar-refractivity contribution in [3.63, 3.8) is 0 Å². The number of hydrogen-bond acceptors (Lipinski definition) is 6. The van der Waals surface area contributed by atoms with Gasteiger partial charge in [-0.15, -0.1) is 0 Å². The van der Waals surface area contributed by atoms with Gasteiger partial charge in [-0.05, 0) is 30.5 Å². The maximum atomic E-state index is 12.8. The number of carbonyl (C=O) groups is 1. The number of aromatic nitrogens is 2. The van der Waals surface area contributed by atoms with Crippen LogP contribution in [0.25, 0.3) is 10.9 Å². The minimum absolute atomic E-state index is 0.106. The van der Waals surface area contributed by atoms with Gasteiger partial charge in [0.15, 0.2) is 0 Å². The van der Waals surface area contributed by atoms with Gasteiger partial charge in [-0.25, -0.2) is 4.98 Å². The lowest BCUT2D eigenvalue weighted by Crippen LogP contribution is -2.45. The fourth-order valence-corrected chi connectivity index (χ4v) is 5.11. The van der Waals surface area contributed by atoms with Crippen LogP contribution in [0, 0.1) is 0 Å². The van der Waals surface area contributed by atoms with Gasteiger partial charge in [0.25, 0.3) is 5.56 Å². The molecule has 0 aliphatic carbocycles. The molecule has 5 rings (SSSR count). The first-order valence-electron chi connectivity index (χ1n) is 10.7. The molecule has 0 saturated carbocycles. The smallest absolute Gasteiger partial charge is 0.302 e. The highest BCUT2D eigenvalue weighted by molar-refractivity contribution is 5.82. The molecule has 3 heterocycles. The molecule has 1 fully saturated rings. The van der Waals surface area contributed by atoms with E-state index < -0.39 is 0 Å². The monoisotopic (exact) mass is 418 g/mol. The molecule has 7 heteroatoms. The number of piperidine rings is 1. The van der Waals surface area contributed by atoms with Crippen molar-refractivity contribution in [2.45, 2.75) is 31.8 Å². The normalized spacial score (nSPS) is 17.2. The predicted octanol–water partition coefficient (Wildman–Crippen LogP) is 2.97. The molecular weight excluding hydrogens is 392 g/mol. The van der Waals surface area contributed by atoms with E-state index >= 15 is 0 Å². The van der Waals surface area contributed by atoms with E-state index in [1.54, 1.807) is 12.1 Å². The Bertz CT molecular complexity index is 1210. The molecule has 7 nitrogen and oxygen atoms in total. The molecule has 1 saturated heterocycles. The maximum absolute atomic E-state index is 12.8. The summed E-state index contributed by atoms with van der Waals surface area (Å²) in [4.78, 5) is 36.3. The summed E-state index contributed by atoms with van der Waals surface area (Å²) in [6.45, 7) is 4.15. The molecule has 0 amide bonds. The Labute approximate surface area is 180 Å². The number of ether oxygens (including phenoxy) is 1. The van der Waals surface area contributed by atoms with Crippen LogP contribution < -0.4 is 15.4 Å². The molecule has 0 unspecified atom stereocenters. The third-order valence-electron chi connectivity index (χ3n) is 6.68. The molecule has 0 atom stereocenters. The molecule has 160 valence electrons. The minimum atomic E-state index is -0.356. The topological polar surface area (TPSA) is 78.5 Å². The van der Waals surface area contributed by atoms with Crippen molar-refractivity contribution < 1.29 is 9.53 Å². The molecule has 2 aliphatic heterocycles. The van der Waals surface area contributed by atoms with Crippen molar-refractivity contribution >= 4 is 28.5 Å². The average molecular weight is 418 g/mol. The summed E-state index contributed by atoms with van der Waals surface area (Å²) in [5.41, 5.74) is 4.06. The summed E-state index contributed by atoms with van der Waals surface area (Å²) in [6.07, 6.45) is 2.01. The first-order chi connectivity index (χ1) is 15.0. The van der Waals surface area contributed by atoms with Crippen molar-refractivity contribution in [2.24, 2.45) is 0 Å². The zero-order chi connectivity index (χ0) is 21.6. The average Bonchev–Trinajstić information content (AvgIpc) is 3.04. The lowest BCUT2D eigenvalue weighted by atomic mass is 9.74. The third kappa shape index (κ3) is 3.34. The predicted molar refractivity (Wildman–Crippen MR) is 121 cm³/mol. The number of likely N-dealkylation sites (N-methyl/N-ethyl adjacent to an activating group) is 1. The summed E-state index contributed by atoms with van der Waals surface area (Å²) < 4.78 is 5.16. The van der Waals surface area contributed by atoms with Crippen molar-refractivity contribution in [3.8, 4) is 0 Å². The second-order valence-corrected chi connectivity index (χ2v) is 8.62. The number of H-pyrrole nitrogens is 1. The molecule has 1 aromatic heterocycles. The number of fused-ring (bicyclic) bond motifs is 3. The summed E-state index contributed by atoms with van der Waals surface area (Å²) in [7, 11) is 2.16. The van der Waals surface area contributed by atoms with E-state index in [9.17, 15) is 9.59 Å². The number of nitrogens with zero attached hydrogens (tertiary/aromatic N) is 3. The molecule has 0 bridgehead atoms. The molecule has 3 aromatic rings. The van der Waals surface area contributed by atoms with E-state index in [1.165, 1.54) is 18.2 Å². The van der Waals surface area contributed by atoms with Crippen LogP contribution in [-0.2, 0) is 21.6 Å². The van der Waals surface area contributed by atoms with E-state index in [0.29, 0.717) is 16.9 Å². The van der Waals surface area contributed by atoms with E-state index in [0.717, 1.165) is 38.0 Å². The van der Waals surface area contributed by atoms with Gasteiger partial charge in [0.1, 0.15) is 6.61 Å². The first kappa shape index (κ1) is 19.6. The number of para-hydroxylation sites is 2. The molecule has 1 spiro atoms. The van der Waals surface area contributed by atoms with Crippen LogP contribution >= 0.6 is 0 Å². The number of esters is 1. The molecule has 2 aliphatic rings. The van der Waals surface area contributed by atoms with Crippen LogP contribution in [0.15, 0.2) is 47.3 Å². The molecule has 1 N–H and O–H groups in total. The quantitative estimate of drug-likeness (QED) is 0.659. The molecule has 0 radical (unpaired) electrons. The number of nitrogens with one attached hydrogen (secondary N) is 1. The number of rotatable bonds is 3. The zero-order valence-corrected chi connectivity index (χ0v) is 17.9. The number of hydrogen-bond donors (Lipinski definition) is 1. The van der Waals surface area contributed by atoms with E-state index in [4.69, 9.17) is 9.72 Å². The van der Waals surface area contributed by atoms with Crippen molar-refractivity contribution in [2.75, 3.05) is 36.5 Å². The SMILES string of the molecule is CC(=O)OCc1cccc2c(=O)[nH]c(N3CCC4(CC3)CN(C)c3ccccc34)nc12. The Kier molecular flexibility index (Phi) is 4.68. The molecular formula is C24H26N4O3. The Morgan fingerprint density at radius 1 is 1.16 bits per heavy atom. The van der Waals surface area contributed by atoms with Crippen LogP contribution in [0.2, 0.25) is 0 Å². The first-order valence-corrected chi connectivity index (χ1v) is 10.7. The van der Waals surface area contributed by atoms with Gasteiger partial charge in [0, 0.05) is 50.3 Å². The Hall–Kier alpha value is -3.35. The van der Waals surface area contributed by atoms with Gasteiger partial charge in [-0.1, -0.05) is 30.3 Å².